The second kappa shape index (κ2) is 12.7. The minimum absolute atomic E-state index is 0.492. The first-order valence-electron chi connectivity index (χ1n) is 19.8. The molecule has 0 saturated carbocycles. The molecule has 0 fully saturated rings. The fourth-order valence-electron chi connectivity index (χ4n) is 9.71. The van der Waals surface area contributed by atoms with Crippen LogP contribution in [0.5, 0.6) is 0 Å². The van der Waals surface area contributed by atoms with Crippen molar-refractivity contribution in [3.05, 3.63) is 235 Å². The number of hydrogen-bond donors (Lipinski definition) is 0. The van der Waals surface area contributed by atoms with Gasteiger partial charge in [0, 0.05) is 33.2 Å². The Morgan fingerprint density at radius 1 is 0.345 bits per heavy atom. The Balaban J connectivity index is 1.04. The van der Waals surface area contributed by atoms with E-state index in [0.29, 0.717) is 0 Å². The summed E-state index contributed by atoms with van der Waals surface area (Å²) in [5.41, 5.74) is 16.0. The monoisotopic (exact) mass is 741 g/mol. The van der Waals surface area contributed by atoms with Gasteiger partial charge >= 0.3 is 0 Å². The van der Waals surface area contributed by atoms with Crippen molar-refractivity contribution in [2.45, 2.75) is 5.41 Å². The molecule has 1 aliphatic carbocycles. The Bertz CT molecular complexity index is 3290. The highest BCUT2D eigenvalue weighted by molar-refractivity contribution is 6.24. The van der Waals surface area contributed by atoms with Crippen LogP contribution in [0.25, 0.3) is 66.1 Å². The molecule has 12 rings (SSSR count). The van der Waals surface area contributed by atoms with Gasteiger partial charge in [-0.05, 0) is 105 Å². The number of nitrogens with zero attached hydrogens (tertiary/aromatic N) is 1. The average molecular weight is 742 g/mol. The minimum Gasteiger partial charge on any atom is -0.456 e. The van der Waals surface area contributed by atoms with E-state index >= 15 is 0 Å². The Labute approximate surface area is 335 Å². The molecule has 3 nitrogen and oxygen atoms in total. The highest BCUT2D eigenvalue weighted by Crippen LogP contribution is 2.57. The van der Waals surface area contributed by atoms with Gasteiger partial charge in [-0.2, -0.15) is 0 Å². The third-order valence-corrected chi connectivity index (χ3v) is 12.2. The van der Waals surface area contributed by atoms with Gasteiger partial charge in [-0.1, -0.05) is 152 Å². The van der Waals surface area contributed by atoms with Gasteiger partial charge < -0.3 is 13.7 Å². The summed E-state index contributed by atoms with van der Waals surface area (Å²) in [4.78, 5) is 2.37. The number of para-hydroxylation sites is 2. The topological polar surface area (TPSA) is 29.5 Å². The lowest BCUT2D eigenvalue weighted by atomic mass is 9.67. The lowest BCUT2D eigenvalue weighted by Gasteiger charge is -2.35. The summed E-state index contributed by atoms with van der Waals surface area (Å²) in [5.74, 6) is 0. The highest BCUT2D eigenvalue weighted by Gasteiger charge is 2.46. The lowest BCUT2D eigenvalue weighted by Crippen LogP contribution is -2.28. The van der Waals surface area contributed by atoms with E-state index in [1.807, 2.05) is 12.1 Å². The van der Waals surface area contributed by atoms with Crippen LogP contribution in [-0.4, -0.2) is 0 Å². The second-order valence-corrected chi connectivity index (χ2v) is 15.2. The van der Waals surface area contributed by atoms with Gasteiger partial charge in [-0.25, -0.2) is 0 Å². The average Bonchev–Trinajstić information content (AvgIpc) is 3.96. The van der Waals surface area contributed by atoms with E-state index in [4.69, 9.17) is 8.83 Å². The first-order valence-corrected chi connectivity index (χ1v) is 19.8. The van der Waals surface area contributed by atoms with Crippen molar-refractivity contribution in [3.63, 3.8) is 0 Å². The molecule has 272 valence electrons. The van der Waals surface area contributed by atoms with Crippen LogP contribution in [0.4, 0.5) is 17.1 Å². The zero-order valence-corrected chi connectivity index (χ0v) is 31.5. The number of benzene rings is 9. The van der Waals surface area contributed by atoms with Crippen LogP contribution in [0, 0.1) is 0 Å². The molecule has 0 radical (unpaired) electrons. The summed E-state index contributed by atoms with van der Waals surface area (Å²) >= 11 is 0. The van der Waals surface area contributed by atoms with Gasteiger partial charge in [0.25, 0.3) is 0 Å². The van der Waals surface area contributed by atoms with Gasteiger partial charge in [0.2, 0.25) is 0 Å². The van der Waals surface area contributed by atoms with Crippen LogP contribution in [0.1, 0.15) is 22.3 Å². The van der Waals surface area contributed by atoms with Crippen molar-refractivity contribution in [3.8, 4) is 22.3 Å². The molecule has 0 spiro atoms. The molecule has 2 heterocycles. The Hall–Kier alpha value is -7.62. The minimum atomic E-state index is -0.492. The van der Waals surface area contributed by atoms with E-state index in [0.717, 1.165) is 72.1 Å². The molecule has 3 heteroatoms. The van der Waals surface area contributed by atoms with Crippen LogP contribution in [0.15, 0.2) is 221 Å². The molecule has 11 aromatic rings. The molecule has 0 atom stereocenters. The van der Waals surface area contributed by atoms with Gasteiger partial charge in [0.1, 0.15) is 22.3 Å². The zero-order chi connectivity index (χ0) is 38.2. The maximum Gasteiger partial charge on any atom is 0.147 e. The van der Waals surface area contributed by atoms with Crippen LogP contribution in [0.2, 0.25) is 0 Å². The maximum atomic E-state index is 6.53. The molecule has 0 N–H and O–H groups in total. The van der Waals surface area contributed by atoms with Crippen LogP contribution in [-0.2, 0) is 5.41 Å². The molecule has 1 aliphatic rings. The fourth-order valence-corrected chi connectivity index (χ4v) is 9.71. The highest BCUT2D eigenvalue weighted by atomic mass is 16.3. The predicted octanol–water partition coefficient (Wildman–Crippen LogP) is 15.0. The third kappa shape index (κ3) is 4.68. The van der Waals surface area contributed by atoms with Crippen molar-refractivity contribution in [2.24, 2.45) is 0 Å². The molecule has 0 aliphatic heterocycles. The quantitative estimate of drug-likeness (QED) is 0.170. The number of fused-ring (bicyclic) bond motifs is 10. The van der Waals surface area contributed by atoms with Gasteiger partial charge in [-0.3, -0.25) is 0 Å². The Kier molecular flexibility index (Phi) is 7.14. The summed E-state index contributed by atoms with van der Waals surface area (Å²) in [6, 6.07) is 76.3. The summed E-state index contributed by atoms with van der Waals surface area (Å²) in [6.07, 6.45) is 0. The number of rotatable bonds is 6. The normalized spacial score (nSPS) is 13.0. The van der Waals surface area contributed by atoms with Crippen molar-refractivity contribution < 1.29 is 8.83 Å². The van der Waals surface area contributed by atoms with Gasteiger partial charge in [0.05, 0.1) is 10.8 Å². The number of hydrogen-bond acceptors (Lipinski definition) is 3. The molecule has 0 unspecified atom stereocenters. The molecule has 0 bridgehead atoms. The Morgan fingerprint density at radius 2 is 0.931 bits per heavy atom. The van der Waals surface area contributed by atoms with Crippen molar-refractivity contribution >= 4 is 60.9 Å². The van der Waals surface area contributed by atoms with E-state index in [-0.39, 0.29) is 0 Å². The SMILES string of the molecule is c1ccc(N(c2ccc(-c3cccc4oc5ccc6c7ccccc7oc6c5c34)cc2)c2ccc3c(c2)C(c2ccccc2)(c2ccccc2)c2ccccc2-3)cc1. The van der Waals surface area contributed by atoms with E-state index in [9.17, 15) is 0 Å². The fraction of sp³-hybridized carbons (Fsp3) is 0.0182. The summed E-state index contributed by atoms with van der Waals surface area (Å²) in [7, 11) is 0. The first kappa shape index (κ1) is 32.6. The second-order valence-electron chi connectivity index (χ2n) is 15.2. The van der Waals surface area contributed by atoms with E-state index in [1.165, 1.54) is 33.4 Å². The van der Waals surface area contributed by atoms with E-state index in [2.05, 4.69) is 205 Å². The first-order chi connectivity index (χ1) is 28.8. The molecule has 0 amide bonds. The van der Waals surface area contributed by atoms with Gasteiger partial charge in [-0.15, -0.1) is 0 Å². The maximum absolute atomic E-state index is 6.53. The molecule has 58 heavy (non-hydrogen) atoms. The van der Waals surface area contributed by atoms with Gasteiger partial charge in [0.15, 0.2) is 0 Å². The largest absolute Gasteiger partial charge is 0.456 e. The van der Waals surface area contributed by atoms with E-state index < -0.39 is 5.41 Å². The van der Waals surface area contributed by atoms with Crippen molar-refractivity contribution in [2.75, 3.05) is 4.90 Å². The van der Waals surface area contributed by atoms with Crippen LogP contribution >= 0.6 is 0 Å². The van der Waals surface area contributed by atoms with Crippen LogP contribution < -0.4 is 4.90 Å². The molecule has 9 aromatic carbocycles. The Morgan fingerprint density at radius 3 is 1.71 bits per heavy atom. The lowest BCUT2D eigenvalue weighted by molar-refractivity contribution is 0.663. The molecular weight excluding hydrogens is 707 g/mol. The standard InChI is InChI=1S/C55H35NO2/c1-4-15-37(16-5-1)55(38-17-6-2-7-18-38)47-24-12-10-21-43(47)44-32-31-41(35-48(44)55)56(39-19-8-3-9-20-39)40-29-27-36(28-30-40)42-23-14-26-50-52(42)53-51(57-50)34-33-46-45-22-11-13-25-49(45)58-54(46)53/h1-35H. The summed E-state index contributed by atoms with van der Waals surface area (Å²) in [6.45, 7) is 0. The summed E-state index contributed by atoms with van der Waals surface area (Å²) < 4.78 is 13.0. The molecular formula is C55H35NO2. The van der Waals surface area contributed by atoms with E-state index in [1.54, 1.807) is 0 Å². The summed E-state index contributed by atoms with van der Waals surface area (Å²) in [5, 5.41) is 4.27. The van der Waals surface area contributed by atoms with Crippen molar-refractivity contribution in [1.82, 2.24) is 0 Å². The zero-order valence-electron chi connectivity index (χ0n) is 31.5. The third-order valence-electron chi connectivity index (χ3n) is 12.2. The molecule has 2 aromatic heterocycles. The molecule has 0 saturated heterocycles. The van der Waals surface area contributed by atoms with Crippen molar-refractivity contribution in [1.29, 1.82) is 0 Å². The smallest absolute Gasteiger partial charge is 0.147 e. The number of furan rings is 2. The predicted molar refractivity (Wildman–Crippen MR) is 238 cm³/mol. The van der Waals surface area contributed by atoms with Crippen LogP contribution in [0.3, 0.4) is 0 Å². The number of anilines is 3.